The molecular formula is C18H28N2O2. The van der Waals surface area contributed by atoms with Crippen LogP contribution < -0.4 is 10.6 Å². The zero-order valence-electron chi connectivity index (χ0n) is 14.0. The zero-order chi connectivity index (χ0) is 16.1. The number of carbonyl (C=O) groups excluding carboxylic acids is 1. The number of rotatable bonds is 6. The molecule has 4 heteroatoms. The molecule has 0 aliphatic carbocycles. The first-order valence-electron chi connectivity index (χ1n) is 8.18. The summed E-state index contributed by atoms with van der Waals surface area (Å²) in [4.78, 5) is 14.0. The lowest BCUT2D eigenvalue weighted by Gasteiger charge is -2.30. The minimum atomic E-state index is 0.0349. The Morgan fingerprint density at radius 2 is 2.18 bits per heavy atom. The average molecular weight is 304 g/mol. The van der Waals surface area contributed by atoms with Crippen molar-refractivity contribution in [2.24, 2.45) is 11.7 Å². The summed E-state index contributed by atoms with van der Waals surface area (Å²) < 4.78 is 4.98. The third-order valence-corrected chi connectivity index (χ3v) is 4.10. The molecule has 1 aromatic carbocycles. The summed E-state index contributed by atoms with van der Waals surface area (Å²) >= 11 is 0. The minimum absolute atomic E-state index is 0.0349. The molecule has 4 nitrogen and oxygen atoms in total. The molecule has 1 aromatic rings. The molecule has 1 aliphatic rings. The molecule has 1 atom stereocenters. The van der Waals surface area contributed by atoms with Gasteiger partial charge >= 0.3 is 0 Å². The van der Waals surface area contributed by atoms with E-state index in [0.717, 1.165) is 37.9 Å². The number of amides is 1. The lowest BCUT2D eigenvalue weighted by molar-refractivity contribution is -0.122. The Hall–Kier alpha value is -1.39. The van der Waals surface area contributed by atoms with Crippen LogP contribution >= 0.6 is 0 Å². The average Bonchev–Trinajstić information content (AvgIpc) is 2.45. The van der Waals surface area contributed by atoms with Crippen LogP contribution in [-0.4, -0.2) is 32.2 Å². The van der Waals surface area contributed by atoms with Gasteiger partial charge in [0.25, 0.3) is 5.91 Å². The molecule has 0 bridgehead atoms. The van der Waals surface area contributed by atoms with Crippen LogP contribution in [0, 0.1) is 5.92 Å². The molecule has 2 rings (SSSR count). The summed E-state index contributed by atoms with van der Waals surface area (Å²) in [6.45, 7) is 5.32. The van der Waals surface area contributed by atoms with Gasteiger partial charge in [0.15, 0.2) is 0 Å². The molecule has 2 N–H and O–H groups in total. The van der Waals surface area contributed by atoms with E-state index in [1.54, 1.807) is 7.11 Å². The van der Waals surface area contributed by atoms with Crippen molar-refractivity contribution in [2.45, 2.75) is 45.6 Å². The number of nitrogens with two attached hydrogens (primary N) is 1. The predicted octanol–water partition coefficient (Wildman–Crippen LogP) is 2.53. The summed E-state index contributed by atoms with van der Waals surface area (Å²) in [5, 5.41) is 0. The van der Waals surface area contributed by atoms with Crippen molar-refractivity contribution in [3.8, 4) is 0 Å². The molecule has 22 heavy (non-hydrogen) atoms. The first-order chi connectivity index (χ1) is 10.5. The fraction of sp³-hybridized carbons (Fsp3) is 0.611. The van der Waals surface area contributed by atoms with E-state index in [1.165, 1.54) is 11.1 Å². The molecule has 0 fully saturated rings. The van der Waals surface area contributed by atoms with Crippen molar-refractivity contribution < 1.29 is 9.53 Å². The van der Waals surface area contributed by atoms with Gasteiger partial charge in [0.2, 0.25) is 0 Å². The van der Waals surface area contributed by atoms with Crippen LogP contribution in [-0.2, 0) is 22.4 Å². The fourth-order valence-electron chi connectivity index (χ4n) is 3.23. The standard InChI is InChI=1S/C18H28N2O2/c1-13(2)9-16(19)11-14-6-7-17-15(10-14)5-4-8-20(17)18(21)12-22-3/h6-7,10,13,16H,4-5,8-9,11-12,19H2,1-3H3. The van der Waals surface area contributed by atoms with Crippen molar-refractivity contribution in [2.75, 3.05) is 25.2 Å². The molecule has 0 spiro atoms. The molecule has 1 amide bonds. The van der Waals surface area contributed by atoms with Gasteiger partial charge in [-0.25, -0.2) is 0 Å². The summed E-state index contributed by atoms with van der Waals surface area (Å²) in [6, 6.07) is 6.60. The Morgan fingerprint density at radius 3 is 2.86 bits per heavy atom. The molecule has 1 heterocycles. The molecular weight excluding hydrogens is 276 g/mol. The highest BCUT2D eigenvalue weighted by molar-refractivity contribution is 5.95. The summed E-state index contributed by atoms with van der Waals surface area (Å²) in [6.07, 6.45) is 3.97. The molecule has 0 aromatic heterocycles. The number of hydrogen-bond acceptors (Lipinski definition) is 3. The maximum atomic E-state index is 12.1. The van der Waals surface area contributed by atoms with Gasteiger partial charge in [-0.3, -0.25) is 4.79 Å². The topological polar surface area (TPSA) is 55.6 Å². The van der Waals surface area contributed by atoms with Crippen LogP contribution in [0.4, 0.5) is 5.69 Å². The van der Waals surface area contributed by atoms with Crippen molar-refractivity contribution in [1.82, 2.24) is 0 Å². The number of anilines is 1. The maximum absolute atomic E-state index is 12.1. The van der Waals surface area contributed by atoms with E-state index in [0.29, 0.717) is 5.92 Å². The van der Waals surface area contributed by atoms with Crippen LogP contribution in [0.25, 0.3) is 0 Å². The first kappa shape index (κ1) is 17.0. The van der Waals surface area contributed by atoms with Gasteiger partial charge in [0, 0.05) is 25.4 Å². The van der Waals surface area contributed by atoms with Gasteiger partial charge in [-0.2, -0.15) is 0 Å². The van der Waals surface area contributed by atoms with Crippen molar-refractivity contribution >= 4 is 11.6 Å². The van der Waals surface area contributed by atoms with E-state index in [1.807, 2.05) is 4.90 Å². The van der Waals surface area contributed by atoms with Crippen LogP contribution in [0.1, 0.15) is 37.8 Å². The van der Waals surface area contributed by atoms with Crippen molar-refractivity contribution in [1.29, 1.82) is 0 Å². The number of hydrogen-bond donors (Lipinski definition) is 1. The van der Waals surface area contributed by atoms with Crippen LogP contribution in [0.2, 0.25) is 0 Å². The lowest BCUT2D eigenvalue weighted by Crippen LogP contribution is -2.37. The molecule has 0 radical (unpaired) electrons. The normalized spacial score (nSPS) is 15.8. The largest absolute Gasteiger partial charge is 0.375 e. The summed E-state index contributed by atoms with van der Waals surface area (Å²) in [5.41, 5.74) is 9.78. The van der Waals surface area contributed by atoms with Crippen molar-refractivity contribution in [3.63, 3.8) is 0 Å². The SMILES string of the molecule is COCC(=O)N1CCCc2cc(CC(N)CC(C)C)ccc21. The second kappa shape index (κ2) is 7.75. The van der Waals surface area contributed by atoms with Gasteiger partial charge in [0.1, 0.15) is 6.61 Å². The molecule has 0 saturated heterocycles. The van der Waals surface area contributed by atoms with Crippen LogP contribution in [0.5, 0.6) is 0 Å². The van der Waals surface area contributed by atoms with Gasteiger partial charge in [-0.05, 0) is 48.8 Å². The lowest BCUT2D eigenvalue weighted by atomic mass is 9.94. The third-order valence-electron chi connectivity index (χ3n) is 4.10. The van der Waals surface area contributed by atoms with E-state index >= 15 is 0 Å². The third kappa shape index (κ3) is 4.31. The second-order valence-electron chi connectivity index (χ2n) is 6.64. The maximum Gasteiger partial charge on any atom is 0.252 e. The number of nitrogens with zero attached hydrogens (tertiary/aromatic N) is 1. The van der Waals surface area contributed by atoms with E-state index < -0.39 is 0 Å². The Labute approximate surface area is 133 Å². The predicted molar refractivity (Wildman–Crippen MR) is 90.1 cm³/mol. The van der Waals surface area contributed by atoms with E-state index in [-0.39, 0.29) is 18.6 Å². The Balaban J connectivity index is 2.12. The number of ether oxygens (including phenoxy) is 1. The highest BCUT2D eigenvalue weighted by atomic mass is 16.5. The molecule has 0 saturated carbocycles. The van der Waals surface area contributed by atoms with E-state index in [9.17, 15) is 4.79 Å². The number of benzene rings is 1. The smallest absolute Gasteiger partial charge is 0.252 e. The van der Waals surface area contributed by atoms with E-state index in [4.69, 9.17) is 10.5 Å². The molecule has 122 valence electrons. The number of carbonyl (C=O) groups is 1. The molecule has 1 unspecified atom stereocenters. The number of aryl methyl sites for hydroxylation is 1. The Bertz CT molecular complexity index is 514. The summed E-state index contributed by atoms with van der Waals surface area (Å²) in [7, 11) is 1.56. The number of fused-ring (bicyclic) bond motifs is 1. The van der Waals surface area contributed by atoms with Crippen molar-refractivity contribution in [3.05, 3.63) is 29.3 Å². The van der Waals surface area contributed by atoms with Gasteiger partial charge in [-0.1, -0.05) is 26.0 Å². The van der Waals surface area contributed by atoms with Gasteiger partial charge < -0.3 is 15.4 Å². The Kier molecular flexibility index (Phi) is 5.98. The molecule has 1 aliphatic heterocycles. The quantitative estimate of drug-likeness (QED) is 0.878. The van der Waals surface area contributed by atoms with Crippen LogP contribution in [0.3, 0.4) is 0 Å². The zero-order valence-corrected chi connectivity index (χ0v) is 14.0. The summed E-state index contributed by atoms with van der Waals surface area (Å²) in [5.74, 6) is 0.655. The second-order valence-corrected chi connectivity index (χ2v) is 6.64. The fourth-order valence-corrected chi connectivity index (χ4v) is 3.23. The highest BCUT2D eigenvalue weighted by Crippen LogP contribution is 2.28. The highest BCUT2D eigenvalue weighted by Gasteiger charge is 2.22. The monoisotopic (exact) mass is 304 g/mol. The van der Waals surface area contributed by atoms with E-state index in [2.05, 4.69) is 32.0 Å². The minimum Gasteiger partial charge on any atom is -0.375 e. The van der Waals surface area contributed by atoms with Crippen LogP contribution in [0.15, 0.2) is 18.2 Å². The Morgan fingerprint density at radius 1 is 1.41 bits per heavy atom. The van der Waals surface area contributed by atoms with Gasteiger partial charge in [-0.15, -0.1) is 0 Å². The first-order valence-corrected chi connectivity index (χ1v) is 8.18. The number of methoxy groups -OCH3 is 1. The van der Waals surface area contributed by atoms with Gasteiger partial charge in [0.05, 0.1) is 0 Å².